The van der Waals surface area contributed by atoms with E-state index in [0.29, 0.717) is 35.8 Å². The zero-order valence-electron chi connectivity index (χ0n) is 21.0. The van der Waals surface area contributed by atoms with Gasteiger partial charge in [-0.2, -0.15) is 9.97 Å². The van der Waals surface area contributed by atoms with E-state index in [1.165, 1.54) is 12.8 Å². The van der Waals surface area contributed by atoms with Crippen LogP contribution in [-0.4, -0.2) is 82.0 Å². The van der Waals surface area contributed by atoms with Crippen LogP contribution in [0.15, 0.2) is 12.3 Å². The molecule has 3 fully saturated rings. The van der Waals surface area contributed by atoms with Crippen LogP contribution in [-0.2, 0) is 7.05 Å². The number of hydrogen-bond donors (Lipinski definition) is 1. The van der Waals surface area contributed by atoms with Crippen LogP contribution in [0, 0.1) is 0 Å². The molecule has 8 nitrogen and oxygen atoms in total. The summed E-state index contributed by atoms with van der Waals surface area (Å²) in [6.07, 6.45) is 5.46. The van der Waals surface area contributed by atoms with Gasteiger partial charge in [0, 0.05) is 56.4 Å². The van der Waals surface area contributed by atoms with Crippen molar-refractivity contribution in [3.63, 3.8) is 0 Å². The van der Waals surface area contributed by atoms with Crippen LogP contribution in [0.4, 0.5) is 10.2 Å². The highest BCUT2D eigenvalue weighted by Gasteiger charge is 2.34. The fourth-order valence-corrected chi connectivity index (χ4v) is 6.27. The maximum atomic E-state index is 12.8. The quantitative estimate of drug-likeness (QED) is 0.540. The lowest BCUT2D eigenvalue weighted by Gasteiger charge is -2.34. The van der Waals surface area contributed by atoms with Gasteiger partial charge in [0.05, 0.1) is 18.0 Å². The molecule has 2 bridgehead atoms. The number of rotatable bonds is 4. The Labute approximate surface area is 210 Å². The van der Waals surface area contributed by atoms with Crippen LogP contribution in [0.1, 0.15) is 39.5 Å². The lowest BCUT2D eigenvalue weighted by molar-refractivity contribution is 0.251. The van der Waals surface area contributed by atoms with Crippen LogP contribution in [0.25, 0.3) is 21.9 Å². The molecule has 0 aromatic carbocycles. The Kier molecular flexibility index (Phi) is 7.01. The highest BCUT2D eigenvalue weighted by Crippen LogP contribution is 2.38. The van der Waals surface area contributed by atoms with Crippen molar-refractivity contribution in [3.8, 4) is 6.01 Å². The summed E-state index contributed by atoms with van der Waals surface area (Å²) in [5, 5.41) is 6.19. The van der Waals surface area contributed by atoms with E-state index in [0.717, 1.165) is 60.2 Å². The third-order valence-corrected chi connectivity index (χ3v) is 7.98. The number of piperazine rings is 1. The van der Waals surface area contributed by atoms with Crippen molar-refractivity contribution in [1.29, 1.82) is 0 Å². The molecule has 3 aromatic rings. The fourth-order valence-electron chi connectivity index (χ4n) is 5.98. The molecule has 0 spiro atoms. The van der Waals surface area contributed by atoms with Gasteiger partial charge in [-0.25, -0.2) is 9.37 Å². The van der Waals surface area contributed by atoms with Gasteiger partial charge in [0.25, 0.3) is 0 Å². The summed E-state index contributed by atoms with van der Waals surface area (Å²) in [4.78, 5) is 18.1. The zero-order valence-corrected chi connectivity index (χ0v) is 21.7. The molecule has 0 radical (unpaired) electrons. The molecule has 10 heteroatoms. The van der Waals surface area contributed by atoms with E-state index in [2.05, 4.69) is 38.9 Å². The minimum absolute atomic E-state index is 0.378. The summed E-state index contributed by atoms with van der Waals surface area (Å²) in [6.45, 7) is 7.78. The molecule has 6 rings (SSSR count). The molecule has 6 heterocycles. The Hall–Kier alpha value is -2.23. The van der Waals surface area contributed by atoms with Gasteiger partial charge in [-0.15, -0.1) is 0 Å². The number of aryl methyl sites for hydroxylation is 1. The number of fused-ring (bicyclic) bond motifs is 5. The Balaban J connectivity index is 0.000000214. The van der Waals surface area contributed by atoms with Crippen molar-refractivity contribution < 1.29 is 9.13 Å². The number of hydrogen-bond acceptors (Lipinski definition) is 7. The number of pyridine rings is 1. The maximum absolute atomic E-state index is 12.8. The number of aromatic nitrogens is 4. The minimum atomic E-state index is -0.565. The summed E-state index contributed by atoms with van der Waals surface area (Å²) >= 11 is 6.37. The van der Waals surface area contributed by atoms with Crippen molar-refractivity contribution in [3.05, 3.63) is 17.4 Å². The van der Waals surface area contributed by atoms with E-state index in [-0.39, 0.29) is 0 Å². The first-order valence-corrected chi connectivity index (χ1v) is 13.0. The second-order valence-corrected chi connectivity index (χ2v) is 10.2. The third-order valence-electron chi connectivity index (χ3n) is 7.71. The van der Waals surface area contributed by atoms with E-state index in [4.69, 9.17) is 21.3 Å². The monoisotopic (exact) mass is 503 g/mol. The van der Waals surface area contributed by atoms with Crippen LogP contribution in [0.5, 0.6) is 6.01 Å². The number of nitrogens with zero attached hydrogens (tertiary/aromatic N) is 6. The average Bonchev–Trinajstić information content (AvgIpc) is 3.51. The molecule has 3 aromatic heterocycles. The molecule has 4 atom stereocenters. The van der Waals surface area contributed by atoms with Gasteiger partial charge in [-0.05, 0) is 38.3 Å². The Morgan fingerprint density at radius 1 is 1.17 bits per heavy atom. The smallest absolute Gasteiger partial charge is 0.320 e. The first-order valence-electron chi connectivity index (χ1n) is 12.7. The number of anilines is 1. The van der Waals surface area contributed by atoms with Crippen LogP contribution in [0.3, 0.4) is 0 Å². The summed E-state index contributed by atoms with van der Waals surface area (Å²) in [7, 11) is 3.56. The molecular formula is C25H35ClFN7O. The topological polar surface area (TPSA) is 71.3 Å². The van der Waals surface area contributed by atoms with Gasteiger partial charge < -0.3 is 19.5 Å². The summed E-state index contributed by atoms with van der Waals surface area (Å²) in [6, 6.07) is 3.92. The lowest BCUT2D eigenvalue weighted by atomic mass is 10.1. The Morgan fingerprint density at radius 2 is 1.91 bits per heavy atom. The number of methoxy groups -OCH3 is 1. The molecule has 35 heavy (non-hydrogen) atoms. The fraction of sp³-hybridized carbons (Fsp3) is 0.640. The summed E-state index contributed by atoms with van der Waals surface area (Å²) in [5.74, 6) is 0.924. The zero-order chi connectivity index (χ0) is 24.7. The first-order chi connectivity index (χ1) is 16.9. The van der Waals surface area contributed by atoms with E-state index >= 15 is 0 Å². The molecule has 0 amide bonds. The molecule has 4 unspecified atom stereocenters. The number of nitrogens with one attached hydrogen (secondary N) is 1. The third kappa shape index (κ3) is 4.54. The van der Waals surface area contributed by atoms with Crippen LogP contribution in [0.2, 0.25) is 5.15 Å². The van der Waals surface area contributed by atoms with E-state index in [1.54, 1.807) is 13.3 Å². The maximum Gasteiger partial charge on any atom is 0.320 e. The predicted octanol–water partition coefficient (Wildman–Crippen LogP) is 3.95. The average molecular weight is 504 g/mol. The summed E-state index contributed by atoms with van der Waals surface area (Å²) in [5.41, 5.74) is 1.69. The van der Waals surface area contributed by atoms with Crippen molar-refractivity contribution >= 4 is 39.4 Å². The molecule has 0 aliphatic carbocycles. The Bertz CT molecular complexity index is 1180. The van der Waals surface area contributed by atoms with Crippen LogP contribution < -0.4 is 15.0 Å². The molecule has 1 N–H and O–H groups in total. The summed E-state index contributed by atoms with van der Waals surface area (Å²) < 4.78 is 20.1. The van der Waals surface area contributed by atoms with Gasteiger partial charge in [0.1, 0.15) is 17.6 Å². The van der Waals surface area contributed by atoms with Crippen molar-refractivity contribution in [2.24, 2.45) is 7.05 Å². The van der Waals surface area contributed by atoms with E-state index in [1.807, 2.05) is 17.7 Å². The van der Waals surface area contributed by atoms with Gasteiger partial charge in [0.15, 0.2) is 5.15 Å². The highest BCUT2D eigenvalue weighted by molar-refractivity contribution is 6.35. The van der Waals surface area contributed by atoms with Crippen molar-refractivity contribution in [1.82, 2.24) is 29.7 Å². The van der Waals surface area contributed by atoms with Gasteiger partial charge in [-0.3, -0.25) is 4.90 Å². The predicted molar refractivity (Wildman–Crippen MR) is 138 cm³/mol. The SMILES string of the molecule is CCC1CC(F)CN1CC.COc1nc(N2CC3CCC(C2)N3)c2c3ccnc(Cl)c3n(C)c2n1. The Morgan fingerprint density at radius 3 is 2.54 bits per heavy atom. The molecular weight excluding hydrogens is 469 g/mol. The second-order valence-electron chi connectivity index (χ2n) is 9.81. The van der Waals surface area contributed by atoms with E-state index in [9.17, 15) is 4.39 Å². The van der Waals surface area contributed by atoms with Crippen LogP contribution >= 0.6 is 11.6 Å². The normalized spacial score (nSPS) is 26.4. The molecule has 3 aliphatic rings. The minimum Gasteiger partial charge on any atom is -0.467 e. The van der Waals surface area contributed by atoms with Crippen molar-refractivity contribution in [2.75, 3.05) is 38.2 Å². The van der Waals surface area contributed by atoms with Crippen molar-refractivity contribution in [2.45, 2.75) is 63.8 Å². The molecule has 3 aliphatic heterocycles. The first kappa shape index (κ1) is 24.5. The van der Waals surface area contributed by atoms with Gasteiger partial charge in [-0.1, -0.05) is 25.4 Å². The molecule has 190 valence electrons. The lowest BCUT2D eigenvalue weighted by Crippen LogP contribution is -2.51. The van der Waals surface area contributed by atoms with Gasteiger partial charge in [0.2, 0.25) is 0 Å². The highest BCUT2D eigenvalue weighted by atomic mass is 35.5. The number of likely N-dealkylation sites (tertiary alicyclic amines) is 1. The molecule has 0 saturated carbocycles. The van der Waals surface area contributed by atoms with E-state index < -0.39 is 6.17 Å². The number of alkyl halides is 1. The standard InChI is InChI=1S/C17H19ClN6O.C8H16FN/c1-23-13-11(5-6-19-14(13)18)12-15(23)21-17(25-2)22-16(12)24-7-9-3-4-10(8-24)20-9;1-3-8-5-7(9)6-10(8)4-2/h5-6,9-10,20H,3-4,7-8H2,1-2H3;7-8H,3-6H2,1-2H3. The molecule has 3 saturated heterocycles. The van der Waals surface area contributed by atoms with Gasteiger partial charge >= 0.3 is 6.01 Å². The second kappa shape index (κ2) is 10.0. The number of halogens is 2. The largest absolute Gasteiger partial charge is 0.467 e. The number of ether oxygens (including phenoxy) is 1.